The second kappa shape index (κ2) is 6.41. The van der Waals surface area contributed by atoms with Gasteiger partial charge < -0.3 is 9.90 Å². The number of nitrogens with one attached hydrogen (secondary N) is 2. The van der Waals surface area contributed by atoms with E-state index < -0.39 is 22.7 Å². The van der Waals surface area contributed by atoms with E-state index in [0.29, 0.717) is 12.8 Å². The predicted molar refractivity (Wildman–Crippen MR) is 93.2 cm³/mol. The van der Waals surface area contributed by atoms with Crippen LogP contribution in [0.4, 0.5) is 0 Å². The van der Waals surface area contributed by atoms with Crippen LogP contribution in [-0.4, -0.2) is 17.8 Å². The minimum atomic E-state index is -1.13. The maximum atomic E-state index is 12.5. The zero-order chi connectivity index (χ0) is 19.1. The molecule has 0 radical (unpaired) electrons. The van der Waals surface area contributed by atoms with Crippen LogP contribution in [0.2, 0.25) is 0 Å². The van der Waals surface area contributed by atoms with Gasteiger partial charge in [0.25, 0.3) is 0 Å². The number of rotatable bonds is 4. The van der Waals surface area contributed by atoms with E-state index in [1.165, 1.54) is 0 Å². The molecule has 0 saturated heterocycles. The fourth-order valence-corrected chi connectivity index (χ4v) is 4.18. The fraction of sp³-hybridized carbons (Fsp3) is 0.550. The largest absolute Gasteiger partial charge is 0.550 e. The molecule has 1 aromatic carbocycles. The topological polar surface area (TPSA) is 98.3 Å². The number of benzene rings is 1. The first-order chi connectivity index (χ1) is 12.2. The molecule has 3 rings (SSSR count). The van der Waals surface area contributed by atoms with Gasteiger partial charge >= 0.3 is 0 Å². The number of carbonyl (C=O) groups is 3. The van der Waals surface area contributed by atoms with Gasteiger partial charge in [-0.25, -0.2) is 0 Å². The summed E-state index contributed by atoms with van der Waals surface area (Å²) in [6.07, 6.45) is 1.60. The van der Waals surface area contributed by atoms with Gasteiger partial charge in [0, 0.05) is 23.2 Å². The predicted octanol–water partition coefficient (Wildman–Crippen LogP) is 1.13. The summed E-state index contributed by atoms with van der Waals surface area (Å²) in [5.41, 5.74) is 4.32. The molecular formula is C20H25N2O4-. The van der Waals surface area contributed by atoms with Gasteiger partial charge in [-0.1, -0.05) is 51.1 Å². The van der Waals surface area contributed by atoms with Crippen LogP contribution in [0.3, 0.4) is 0 Å². The van der Waals surface area contributed by atoms with E-state index in [2.05, 4.69) is 10.9 Å². The molecule has 2 saturated carbocycles. The highest BCUT2D eigenvalue weighted by atomic mass is 16.4. The highest BCUT2D eigenvalue weighted by Crippen LogP contribution is 2.55. The van der Waals surface area contributed by atoms with Crippen LogP contribution in [0.5, 0.6) is 0 Å². The smallest absolute Gasteiger partial charge is 0.242 e. The number of hydrazine groups is 1. The molecule has 2 amide bonds. The highest BCUT2D eigenvalue weighted by Gasteiger charge is 2.55. The van der Waals surface area contributed by atoms with Crippen LogP contribution in [0, 0.1) is 22.7 Å². The molecular weight excluding hydrogens is 332 g/mol. The Morgan fingerprint density at radius 3 is 2.23 bits per heavy atom. The molecule has 6 nitrogen and oxygen atoms in total. The molecule has 0 aromatic heterocycles. The summed E-state index contributed by atoms with van der Waals surface area (Å²) >= 11 is 0. The van der Waals surface area contributed by atoms with Gasteiger partial charge in [0.05, 0.1) is 0 Å². The lowest BCUT2D eigenvalue weighted by Crippen LogP contribution is -2.52. The number of carboxylic acids is 1. The molecule has 1 aromatic rings. The molecule has 2 N–H and O–H groups in total. The van der Waals surface area contributed by atoms with Gasteiger partial charge in [0.2, 0.25) is 11.8 Å². The standard InChI is InChI=1S/C20H26N2O4/c1-19(2)15(9-10-20(19,3)18(25)26)17(24)22-21-16(23)14-11-13(14)12-7-5-4-6-8-12/h4-8,13-15H,9-11H2,1-3H3,(H,21,23)(H,22,24)(H,25,26)/p-1/t13-,14-,15-,20+/m1/s1. The number of aliphatic carboxylic acids is 1. The summed E-state index contributed by atoms with van der Waals surface area (Å²) < 4.78 is 0. The van der Waals surface area contributed by atoms with E-state index in [9.17, 15) is 19.5 Å². The Bertz CT molecular complexity index is 731. The van der Waals surface area contributed by atoms with Crippen molar-refractivity contribution in [3.8, 4) is 0 Å². The van der Waals surface area contributed by atoms with E-state index in [1.54, 1.807) is 20.8 Å². The van der Waals surface area contributed by atoms with Crippen molar-refractivity contribution in [1.82, 2.24) is 10.9 Å². The molecule has 2 fully saturated rings. The summed E-state index contributed by atoms with van der Waals surface area (Å²) in [4.78, 5) is 36.3. The normalized spacial score (nSPS) is 31.9. The monoisotopic (exact) mass is 357 g/mol. The van der Waals surface area contributed by atoms with Gasteiger partial charge in [-0.05, 0) is 36.2 Å². The summed E-state index contributed by atoms with van der Waals surface area (Å²) in [6, 6.07) is 9.82. The first kappa shape index (κ1) is 18.4. The Morgan fingerprint density at radius 2 is 1.65 bits per heavy atom. The Morgan fingerprint density at radius 1 is 1.04 bits per heavy atom. The maximum Gasteiger partial charge on any atom is 0.242 e. The molecule has 140 valence electrons. The minimum absolute atomic E-state index is 0.136. The van der Waals surface area contributed by atoms with Crippen molar-refractivity contribution in [3.63, 3.8) is 0 Å². The average molecular weight is 357 g/mol. The third-order valence-electron chi connectivity index (χ3n) is 6.66. The van der Waals surface area contributed by atoms with Crippen LogP contribution < -0.4 is 16.0 Å². The lowest BCUT2D eigenvalue weighted by Gasteiger charge is -2.41. The second-order valence-electron chi connectivity index (χ2n) is 8.27. The average Bonchev–Trinajstić information content (AvgIpc) is 3.36. The van der Waals surface area contributed by atoms with E-state index in [-0.39, 0.29) is 23.7 Å². The fourth-order valence-electron chi connectivity index (χ4n) is 4.18. The van der Waals surface area contributed by atoms with Crippen molar-refractivity contribution in [2.24, 2.45) is 22.7 Å². The molecule has 0 aliphatic heterocycles. The van der Waals surface area contributed by atoms with Gasteiger partial charge in [-0.2, -0.15) is 0 Å². The van der Waals surface area contributed by atoms with Gasteiger partial charge in [0.1, 0.15) is 0 Å². The quantitative estimate of drug-likeness (QED) is 0.789. The third kappa shape index (κ3) is 2.97. The van der Waals surface area contributed by atoms with Crippen molar-refractivity contribution in [1.29, 1.82) is 0 Å². The molecule has 0 heterocycles. The highest BCUT2D eigenvalue weighted by molar-refractivity contribution is 5.88. The first-order valence-corrected chi connectivity index (χ1v) is 9.04. The molecule has 0 spiro atoms. The second-order valence-corrected chi connectivity index (χ2v) is 8.27. The summed E-state index contributed by atoms with van der Waals surface area (Å²) in [7, 11) is 0. The molecule has 26 heavy (non-hydrogen) atoms. The zero-order valence-electron chi connectivity index (χ0n) is 15.4. The van der Waals surface area contributed by atoms with Crippen LogP contribution in [0.1, 0.15) is 51.5 Å². The Hall–Kier alpha value is -2.37. The molecule has 0 unspecified atom stereocenters. The lowest BCUT2D eigenvalue weighted by atomic mass is 9.65. The van der Waals surface area contributed by atoms with E-state index in [0.717, 1.165) is 12.0 Å². The molecule has 0 bridgehead atoms. The number of carbonyl (C=O) groups excluding carboxylic acids is 3. The van der Waals surface area contributed by atoms with Crippen LogP contribution >= 0.6 is 0 Å². The Kier molecular flexibility index (Phi) is 4.54. The third-order valence-corrected chi connectivity index (χ3v) is 6.66. The van der Waals surface area contributed by atoms with Crippen LogP contribution in [0.25, 0.3) is 0 Å². The number of hydrogen-bond acceptors (Lipinski definition) is 4. The zero-order valence-corrected chi connectivity index (χ0v) is 15.4. The molecule has 6 heteroatoms. The van der Waals surface area contributed by atoms with Crippen LogP contribution in [-0.2, 0) is 14.4 Å². The minimum Gasteiger partial charge on any atom is -0.550 e. The Balaban J connectivity index is 1.55. The van der Waals surface area contributed by atoms with E-state index >= 15 is 0 Å². The lowest BCUT2D eigenvalue weighted by molar-refractivity contribution is -0.323. The molecule has 2 aliphatic carbocycles. The maximum absolute atomic E-state index is 12.5. The van der Waals surface area contributed by atoms with Crippen molar-refractivity contribution in [2.75, 3.05) is 0 Å². The number of carboxylic acid groups (broad SMARTS) is 1. The molecule has 4 atom stereocenters. The van der Waals surface area contributed by atoms with Crippen LogP contribution in [0.15, 0.2) is 30.3 Å². The Labute approximate surface area is 153 Å². The van der Waals surface area contributed by atoms with Crippen molar-refractivity contribution >= 4 is 17.8 Å². The van der Waals surface area contributed by atoms with Crippen molar-refractivity contribution in [3.05, 3.63) is 35.9 Å². The summed E-state index contributed by atoms with van der Waals surface area (Å²) in [5.74, 6) is -2.11. The van der Waals surface area contributed by atoms with E-state index in [1.807, 2.05) is 30.3 Å². The number of hydrogen-bond donors (Lipinski definition) is 2. The molecule has 2 aliphatic rings. The van der Waals surface area contributed by atoms with Crippen molar-refractivity contribution < 1.29 is 19.5 Å². The number of amides is 2. The van der Waals surface area contributed by atoms with Crippen molar-refractivity contribution in [2.45, 2.75) is 46.0 Å². The summed E-state index contributed by atoms with van der Waals surface area (Å²) in [6.45, 7) is 5.17. The first-order valence-electron chi connectivity index (χ1n) is 9.04. The summed E-state index contributed by atoms with van der Waals surface area (Å²) in [5, 5.41) is 11.5. The SMILES string of the molecule is CC1(C)[C@@H](C(=O)NNC(=O)[C@@H]2C[C@@H]2c2ccccc2)CC[C@@]1(C)C(=O)[O-]. The van der Waals surface area contributed by atoms with Gasteiger partial charge in [0.15, 0.2) is 0 Å². The van der Waals surface area contributed by atoms with E-state index in [4.69, 9.17) is 0 Å². The van der Waals surface area contributed by atoms with Gasteiger partial charge in [-0.3, -0.25) is 20.4 Å². The van der Waals surface area contributed by atoms with Gasteiger partial charge in [-0.15, -0.1) is 0 Å².